The first-order valence-electron chi connectivity index (χ1n) is 5.91. The van der Waals surface area contributed by atoms with Crippen molar-refractivity contribution in [1.82, 2.24) is 4.98 Å². The number of hydrogen-bond donors (Lipinski definition) is 1. The van der Waals surface area contributed by atoms with Gasteiger partial charge in [-0.15, -0.1) is 0 Å². The highest BCUT2D eigenvalue weighted by Gasteiger charge is 2.36. The highest BCUT2D eigenvalue weighted by atomic mass is 79.9. The number of halogens is 4. The average molecular weight is 355 g/mol. The molecule has 1 aliphatic rings. The zero-order valence-electron chi connectivity index (χ0n) is 10.4. The molecule has 0 radical (unpaired) electrons. The summed E-state index contributed by atoms with van der Waals surface area (Å²) in [4.78, 5) is 3.85. The molecule has 1 fully saturated rings. The summed E-state index contributed by atoms with van der Waals surface area (Å²) in [6.45, 7) is 2.57. The van der Waals surface area contributed by atoms with E-state index in [2.05, 4.69) is 33.2 Å². The van der Waals surface area contributed by atoms with Crippen LogP contribution >= 0.6 is 27.7 Å². The van der Waals surface area contributed by atoms with Crippen LogP contribution in [0.5, 0.6) is 0 Å². The molecule has 0 spiro atoms. The number of aromatic nitrogens is 1. The molecule has 1 aromatic rings. The Morgan fingerprint density at radius 3 is 2.84 bits per heavy atom. The topological polar surface area (TPSA) is 24.9 Å². The van der Waals surface area contributed by atoms with Crippen LogP contribution < -0.4 is 5.32 Å². The van der Waals surface area contributed by atoms with Gasteiger partial charge in [0.1, 0.15) is 5.82 Å². The number of pyridine rings is 1. The van der Waals surface area contributed by atoms with Gasteiger partial charge in [0, 0.05) is 22.0 Å². The fraction of sp³-hybridized carbons (Fsp3) is 0.583. The maximum Gasteiger partial charge on any atom is 0.419 e. The summed E-state index contributed by atoms with van der Waals surface area (Å²) < 4.78 is 39.1. The molecule has 19 heavy (non-hydrogen) atoms. The van der Waals surface area contributed by atoms with Crippen LogP contribution in [0.2, 0.25) is 0 Å². The van der Waals surface area contributed by atoms with Gasteiger partial charge < -0.3 is 5.32 Å². The predicted molar refractivity (Wildman–Crippen MR) is 75.5 cm³/mol. The first kappa shape index (κ1) is 15.0. The van der Waals surface area contributed by atoms with E-state index < -0.39 is 11.7 Å². The molecule has 0 aromatic carbocycles. The van der Waals surface area contributed by atoms with E-state index in [0.29, 0.717) is 11.0 Å². The van der Waals surface area contributed by atoms with Crippen molar-refractivity contribution < 1.29 is 13.2 Å². The minimum Gasteiger partial charge on any atom is -0.368 e. The maximum absolute atomic E-state index is 12.9. The molecule has 0 amide bonds. The van der Waals surface area contributed by atoms with Gasteiger partial charge in [-0.3, -0.25) is 0 Å². The van der Waals surface area contributed by atoms with E-state index in [1.165, 1.54) is 6.20 Å². The summed E-state index contributed by atoms with van der Waals surface area (Å²) in [5, 5.41) is 2.86. The molecule has 2 rings (SSSR count). The van der Waals surface area contributed by atoms with Gasteiger partial charge in [0.05, 0.1) is 5.56 Å². The quantitative estimate of drug-likeness (QED) is 0.861. The minimum absolute atomic E-state index is 0.00236. The van der Waals surface area contributed by atoms with Crippen molar-refractivity contribution in [2.75, 3.05) is 17.6 Å². The van der Waals surface area contributed by atoms with Crippen LogP contribution in [0.3, 0.4) is 0 Å². The van der Waals surface area contributed by atoms with Gasteiger partial charge in [0.25, 0.3) is 0 Å². The Morgan fingerprint density at radius 2 is 2.26 bits per heavy atom. The third-order valence-electron chi connectivity index (χ3n) is 3.09. The molecular weight excluding hydrogens is 341 g/mol. The van der Waals surface area contributed by atoms with Crippen molar-refractivity contribution in [2.45, 2.75) is 30.7 Å². The zero-order chi connectivity index (χ0) is 14.1. The van der Waals surface area contributed by atoms with Crippen molar-refractivity contribution in [3.05, 3.63) is 22.3 Å². The van der Waals surface area contributed by atoms with Gasteiger partial charge in [-0.05, 0) is 47.5 Å². The standard InChI is InChI=1S/C12H14BrF3N2S/c1-11(3-2-4-19-11)7-18-10-9(12(14,15)16)5-8(13)6-17-10/h5-6H,2-4,7H2,1H3,(H,17,18). The zero-order valence-corrected chi connectivity index (χ0v) is 12.8. The first-order valence-corrected chi connectivity index (χ1v) is 7.69. The van der Waals surface area contributed by atoms with E-state index in [9.17, 15) is 13.2 Å². The second-order valence-electron chi connectivity index (χ2n) is 4.80. The van der Waals surface area contributed by atoms with Gasteiger partial charge in [-0.1, -0.05) is 0 Å². The highest BCUT2D eigenvalue weighted by molar-refractivity contribution is 9.10. The summed E-state index contributed by atoms with van der Waals surface area (Å²) >= 11 is 4.82. The lowest BCUT2D eigenvalue weighted by Crippen LogP contribution is -2.28. The fourth-order valence-corrected chi connectivity index (χ4v) is 3.62. The Kier molecular flexibility index (Phi) is 4.35. The molecule has 0 aliphatic carbocycles. The molecule has 1 saturated heterocycles. The van der Waals surface area contributed by atoms with Crippen molar-refractivity contribution >= 4 is 33.5 Å². The van der Waals surface area contributed by atoms with Gasteiger partial charge in [0.2, 0.25) is 0 Å². The Hall–Kier alpha value is -0.430. The van der Waals surface area contributed by atoms with E-state index in [1.807, 2.05) is 0 Å². The van der Waals surface area contributed by atoms with Crippen LogP contribution in [0, 0.1) is 0 Å². The lowest BCUT2D eigenvalue weighted by molar-refractivity contribution is -0.137. The predicted octanol–water partition coefficient (Wildman–Crippen LogP) is 4.56. The molecule has 1 atom stereocenters. The van der Waals surface area contributed by atoms with E-state index in [1.54, 1.807) is 11.8 Å². The summed E-state index contributed by atoms with van der Waals surface area (Å²) in [6, 6.07) is 1.06. The summed E-state index contributed by atoms with van der Waals surface area (Å²) in [6.07, 6.45) is -0.893. The monoisotopic (exact) mass is 354 g/mol. The van der Waals surface area contributed by atoms with Crippen molar-refractivity contribution in [1.29, 1.82) is 0 Å². The molecule has 2 heterocycles. The van der Waals surface area contributed by atoms with Crippen LogP contribution in [-0.2, 0) is 6.18 Å². The van der Waals surface area contributed by atoms with Crippen LogP contribution in [0.1, 0.15) is 25.3 Å². The Labute approximate surface area is 122 Å². The lowest BCUT2D eigenvalue weighted by Gasteiger charge is -2.24. The second-order valence-corrected chi connectivity index (χ2v) is 7.40. The largest absolute Gasteiger partial charge is 0.419 e. The Balaban J connectivity index is 2.16. The SMILES string of the molecule is CC1(CNc2ncc(Br)cc2C(F)(F)F)CCCS1. The molecule has 1 N–H and O–H groups in total. The summed E-state index contributed by atoms with van der Waals surface area (Å²) in [5.41, 5.74) is -0.728. The number of rotatable bonds is 3. The minimum atomic E-state index is -4.40. The van der Waals surface area contributed by atoms with E-state index in [-0.39, 0.29) is 10.6 Å². The number of anilines is 1. The molecule has 1 aliphatic heterocycles. The number of nitrogens with one attached hydrogen (secondary N) is 1. The smallest absolute Gasteiger partial charge is 0.368 e. The molecule has 0 saturated carbocycles. The third kappa shape index (κ3) is 3.78. The first-order chi connectivity index (χ1) is 8.80. The molecule has 1 aromatic heterocycles. The second kappa shape index (κ2) is 5.52. The number of nitrogens with zero attached hydrogens (tertiary/aromatic N) is 1. The van der Waals surface area contributed by atoms with Crippen molar-refractivity contribution in [2.24, 2.45) is 0 Å². The van der Waals surface area contributed by atoms with Crippen molar-refractivity contribution in [3.63, 3.8) is 0 Å². The Bertz CT molecular complexity index is 459. The van der Waals surface area contributed by atoms with Crippen LogP contribution in [0.4, 0.5) is 19.0 Å². The number of alkyl halides is 3. The van der Waals surface area contributed by atoms with Crippen LogP contribution in [0.15, 0.2) is 16.7 Å². The third-order valence-corrected chi connectivity index (χ3v) is 5.06. The molecule has 1 unspecified atom stereocenters. The van der Waals surface area contributed by atoms with Gasteiger partial charge in [-0.2, -0.15) is 24.9 Å². The lowest BCUT2D eigenvalue weighted by atomic mass is 10.1. The molecule has 106 valence electrons. The van der Waals surface area contributed by atoms with Gasteiger partial charge in [-0.25, -0.2) is 4.98 Å². The number of thioether (sulfide) groups is 1. The number of hydrogen-bond acceptors (Lipinski definition) is 3. The molecule has 2 nitrogen and oxygen atoms in total. The summed E-state index contributed by atoms with van der Waals surface area (Å²) in [7, 11) is 0. The molecule has 0 bridgehead atoms. The van der Waals surface area contributed by atoms with E-state index >= 15 is 0 Å². The highest BCUT2D eigenvalue weighted by Crippen LogP contribution is 2.39. The van der Waals surface area contributed by atoms with Crippen molar-refractivity contribution in [3.8, 4) is 0 Å². The fourth-order valence-electron chi connectivity index (χ4n) is 2.04. The average Bonchev–Trinajstić information content (AvgIpc) is 2.74. The molecular formula is C12H14BrF3N2S. The van der Waals surface area contributed by atoms with Gasteiger partial charge >= 0.3 is 6.18 Å². The maximum atomic E-state index is 12.9. The van der Waals surface area contributed by atoms with Gasteiger partial charge in [0.15, 0.2) is 0 Å². The van der Waals surface area contributed by atoms with E-state index in [0.717, 1.165) is 24.7 Å². The van der Waals surface area contributed by atoms with Crippen LogP contribution in [0.25, 0.3) is 0 Å². The Morgan fingerprint density at radius 1 is 1.53 bits per heavy atom. The molecule has 7 heteroatoms. The van der Waals surface area contributed by atoms with Crippen LogP contribution in [-0.4, -0.2) is 22.0 Å². The van der Waals surface area contributed by atoms with E-state index in [4.69, 9.17) is 0 Å². The normalized spacial score (nSPS) is 23.6. The summed E-state index contributed by atoms with van der Waals surface area (Å²) in [5.74, 6) is 0.974.